The Morgan fingerprint density at radius 3 is 1.49 bits per heavy atom. The van der Waals surface area contributed by atoms with Crippen LogP contribution in [0.2, 0.25) is 0 Å². The number of ketones is 1. The SMILES string of the molecule is CC[C@@H](C)C(=O)N[C@H](C(=O)N1CCC[C@H]1CN(C(=O)CCCCCCCCC(=O)N(C[C@@H]1CCCN1C(=O)[C@@H](CC(=O)[C@H](C)NC)C(C)(C)C)c1ccc2ccccc2c1)c1ccc2ccccc2c1)C(C)(C)C. The number of nitrogens with one attached hydrogen (secondary N) is 2. The van der Waals surface area contributed by atoms with Crippen LogP contribution in [-0.4, -0.2) is 103 Å². The smallest absolute Gasteiger partial charge is 0.246 e. The highest BCUT2D eigenvalue weighted by atomic mass is 16.2. The molecule has 2 aliphatic heterocycles. The standard InChI is InChI=1S/C62H88N6O6/c1-11-43(2)58(72)64-57(62(7,8)9)60(74)66-37-23-29-52(66)42-68(50-35-33-46-25-19-21-27-48(46)39-50)56(71)31-17-15-13-12-14-16-30-55(70)67(49-34-32-45-24-18-20-26-47(45)38-49)41-51-28-22-36-65(51)59(73)53(61(4,5)6)40-54(69)44(3)63-10/h18-21,24-27,32-35,38-39,43-44,51-53,57,63H,11-17,22-23,28-31,36-37,40-42H2,1-10H3,(H,64,72)/t43-,44+,51+,52+,53-,57-/m1/s1. The minimum Gasteiger partial charge on any atom is -0.344 e. The molecule has 6 atom stereocenters. The first-order chi connectivity index (χ1) is 35.2. The number of nitrogens with zero attached hydrogens (tertiary/aromatic N) is 4. The summed E-state index contributed by atoms with van der Waals surface area (Å²) in [4.78, 5) is 91.5. The molecule has 4 aromatic carbocycles. The number of likely N-dealkylation sites (tertiary alicyclic amines) is 2. The number of hydrogen-bond acceptors (Lipinski definition) is 7. The number of likely N-dealkylation sites (N-methyl/N-ethyl adjacent to an activating group) is 1. The van der Waals surface area contributed by atoms with Crippen LogP contribution in [0, 0.1) is 22.7 Å². The summed E-state index contributed by atoms with van der Waals surface area (Å²) >= 11 is 0. The lowest BCUT2D eigenvalue weighted by Gasteiger charge is -2.37. The number of amides is 5. The molecule has 0 saturated carbocycles. The maximum Gasteiger partial charge on any atom is 0.246 e. The van der Waals surface area contributed by atoms with Crippen molar-refractivity contribution in [2.75, 3.05) is 43.0 Å². The van der Waals surface area contributed by atoms with E-state index in [1.165, 1.54) is 0 Å². The number of carbonyl (C=O) groups is 6. The van der Waals surface area contributed by atoms with Crippen LogP contribution in [0.5, 0.6) is 0 Å². The third kappa shape index (κ3) is 15.0. The molecule has 5 amide bonds. The Balaban J connectivity index is 1.06. The summed E-state index contributed by atoms with van der Waals surface area (Å²) in [5, 5.41) is 10.4. The zero-order valence-corrected chi connectivity index (χ0v) is 46.5. The van der Waals surface area contributed by atoms with Gasteiger partial charge in [0, 0.05) is 80.7 Å². The molecule has 0 spiro atoms. The average Bonchev–Trinajstić information content (AvgIpc) is 4.06. The monoisotopic (exact) mass is 1010 g/mol. The first kappa shape index (κ1) is 57.7. The van der Waals surface area contributed by atoms with Gasteiger partial charge in [0.2, 0.25) is 29.5 Å². The second kappa shape index (κ2) is 26.2. The number of carbonyl (C=O) groups excluding carboxylic acids is 6. The topological polar surface area (TPSA) is 139 Å². The van der Waals surface area contributed by atoms with E-state index in [-0.39, 0.29) is 65.8 Å². The lowest BCUT2D eigenvalue weighted by Crippen LogP contribution is -2.57. The van der Waals surface area contributed by atoms with Gasteiger partial charge < -0.3 is 30.2 Å². The summed E-state index contributed by atoms with van der Waals surface area (Å²) in [6.07, 6.45) is 9.98. The molecular formula is C62H88N6O6. The largest absolute Gasteiger partial charge is 0.344 e. The first-order valence-electron chi connectivity index (χ1n) is 27.9. The van der Waals surface area contributed by atoms with Crippen LogP contribution in [0.15, 0.2) is 84.9 Å². The van der Waals surface area contributed by atoms with Crippen molar-refractivity contribution in [1.82, 2.24) is 20.4 Å². The number of unbranched alkanes of at least 4 members (excludes halogenated alkanes) is 5. The van der Waals surface area contributed by atoms with Gasteiger partial charge in [-0.05, 0) is 116 Å². The fourth-order valence-electron chi connectivity index (χ4n) is 10.8. The fourth-order valence-corrected chi connectivity index (χ4v) is 10.8. The van der Waals surface area contributed by atoms with Crippen LogP contribution in [0.1, 0.15) is 152 Å². The number of fused-ring (bicyclic) bond motifs is 2. The molecule has 2 saturated heterocycles. The summed E-state index contributed by atoms with van der Waals surface area (Å²) < 4.78 is 0. The minimum absolute atomic E-state index is 0.00689. The van der Waals surface area contributed by atoms with Crippen LogP contribution in [0.3, 0.4) is 0 Å². The maximum atomic E-state index is 14.4. The third-order valence-corrected chi connectivity index (χ3v) is 16.0. The van der Waals surface area contributed by atoms with Crippen LogP contribution in [0.25, 0.3) is 21.5 Å². The van der Waals surface area contributed by atoms with Crippen molar-refractivity contribution in [1.29, 1.82) is 0 Å². The molecule has 2 N–H and O–H groups in total. The van der Waals surface area contributed by atoms with Gasteiger partial charge in [0.05, 0.1) is 6.04 Å². The quantitative estimate of drug-likeness (QED) is 0.0666. The van der Waals surface area contributed by atoms with Gasteiger partial charge in [0.15, 0.2) is 0 Å². The van der Waals surface area contributed by atoms with Gasteiger partial charge in [0.1, 0.15) is 11.8 Å². The van der Waals surface area contributed by atoms with Crippen molar-refractivity contribution in [3.8, 4) is 0 Å². The van der Waals surface area contributed by atoms with Crippen molar-refractivity contribution in [2.45, 2.75) is 176 Å². The molecule has 12 nitrogen and oxygen atoms in total. The van der Waals surface area contributed by atoms with Gasteiger partial charge in [-0.1, -0.05) is 142 Å². The Morgan fingerprint density at radius 2 is 1.05 bits per heavy atom. The van der Waals surface area contributed by atoms with Crippen LogP contribution in [0.4, 0.5) is 11.4 Å². The van der Waals surface area contributed by atoms with E-state index in [0.717, 1.165) is 97.1 Å². The van der Waals surface area contributed by atoms with E-state index in [0.29, 0.717) is 45.4 Å². The predicted octanol–water partition coefficient (Wildman–Crippen LogP) is 11.3. The Bertz CT molecular complexity index is 2390. The average molecular weight is 1010 g/mol. The second-order valence-corrected chi connectivity index (χ2v) is 23.6. The summed E-state index contributed by atoms with van der Waals surface area (Å²) in [7, 11) is 1.76. The Morgan fingerprint density at radius 1 is 0.608 bits per heavy atom. The molecule has 402 valence electrons. The molecule has 2 heterocycles. The van der Waals surface area contributed by atoms with Crippen LogP contribution in [-0.2, 0) is 28.8 Å². The Labute approximate surface area is 442 Å². The third-order valence-electron chi connectivity index (χ3n) is 16.0. The van der Waals surface area contributed by atoms with E-state index >= 15 is 0 Å². The number of benzene rings is 4. The van der Waals surface area contributed by atoms with Crippen molar-refractivity contribution < 1.29 is 28.8 Å². The van der Waals surface area contributed by atoms with E-state index in [2.05, 4.69) is 59.2 Å². The van der Waals surface area contributed by atoms with E-state index in [1.807, 2.05) is 118 Å². The van der Waals surface area contributed by atoms with Crippen molar-refractivity contribution in [3.05, 3.63) is 84.9 Å². The highest BCUT2D eigenvalue weighted by Crippen LogP contribution is 2.35. The Hall–Kier alpha value is -5.62. The first-order valence-corrected chi connectivity index (χ1v) is 27.9. The second-order valence-electron chi connectivity index (χ2n) is 23.6. The molecule has 6 rings (SSSR count). The van der Waals surface area contributed by atoms with E-state index in [1.54, 1.807) is 7.05 Å². The fraction of sp³-hybridized carbons (Fsp3) is 0.581. The lowest BCUT2D eigenvalue weighted by molar-refractivity contribution is -0.143. The molecule has 0 radical (unpaired) electrons. The highest BCUT2D eigenvalue weighted by molar-refractivity contribution is 5.98. The minimum atomic E-state index is -0.681. The zero-order valence-electron chi connectivity index (χ0n) is 46.5. The molecule has 0 unspecified atom stereocenters. The molecule has 12 heteroatoms. The molecule has 4 aromatic rings. The normalized spacial score (nSPS) is 17.8. The molecule has 0 bridgehead atoms. The predicted molar refractivity (Wildman–Crippen MR) is 301 cm³/mol. The number of anilines is 2. The highest BCUT2D eigenvalue weighted by Gasteiger charge is 2.43. The maximum absolute atomic E-state index is 14.4. The van der Waals surface area contributed by atoms with Gasteiger partial charge in [0.25, 0.3) is 0 Å². The van der Waals surface area contributed by atoms with Crippen LogP contribution < -0.4 is 20.4 Å². The van der Waals surface area contributed by atoms with E-state index < -0.39 is 22.8 Å². The summed E-state index contributed by atoms with van der Waals surface area (Å²) in [5.74, 6) is -0.788. The van der Waals surface area contributed by atoms with Gasteiger partial charge >= 0.3 is 0 Å². The number of Topliss-reactive ketones (excluding diaryl/α,β-unsaturated/α-hetero) is 1. The van der Waals surface area contributed by atoms with Gasteiger partial charge in [-0.25, -0.2) is 0 Å². The summed E-state index contributed by atoms with van der Waals surface area (Å²) in [6, 6.07) is 27.2. The number of rotatable bonds is 24. The molecule has 0 aromatic heterocycles. The molecule has 2 fully saturated rings. The molecular weight excluding hydrogens is 925 g/mol. The van der Waals surface area contributed by atoms with Crippen LogP contribution >= 0.6 is 0 Å². The molecule has 74 heavy (non-hydrogen) atoms. The number of hydrogen-bond donors (Lipinski definition) is 2. The summed E-state index contributed by atoms with van der Waals surface area (Å²) in [6.45, 7) is 19.7. The molecule has 2 aliphatic rings. The molecule has 0 aliphatic carbocycles. The van der Waals surface area contributed by atoms with Gasteiger partial charge in [-0.3, -0.25) is 28.8 Å². The van der Waals surface area contributed by atoms with Gasteiger partial charge in [-0.15, -0.1) is 0 Å². The van der Waals surface area contributed by atoms with Crippen molar-refractivity contribution in [3.63, 3.8) is 0 Å². The van der Waals surface area contributed by atoms with E-state index in [9.17, 15) is 28.8 Å². The lowest BCUT2D eigenvalue weighted by atomic mass is 9.76. The zero-order chi connectivity index (χ0) is 53.7. The van der Waals surface area contributed by atoms with Crippen molar-refractivity contribution >= 4 is 68.2 Å². The van der Waals surface area contributed by atoms with E-state index in [4.69, 9.17) is 0 Å². The summed E-state index contributed by atoms with van der Waals surface area (Å²) in [5.41, 5.74) is 0.733. The van der Waals surface area contributed by atoms with Crippen molar-refractivity contribution in [2.24, 2.45) is 22.7 Å². The van der Waals surface area contributed by atoms with Gasteiger partial charge in [-0.2, -0.15) is 0 Å². The Kier molecular flexibility index (Phi) is 20.4.